The standard InChI is InChI=1S/C13H13F3N2O4S/c1-8(2)18(7-12(19)20)23(21,22)11-4-3-10(13(14,15)16)5-9(11)6-17/h3-5,8H,7H2,1-2H3,(H,19,20). The molecule has 0 unspecified atom stereocenters. The minimum atomic E-state index is -4.73. The van der Waals surface area contributed by atoms with Gasteiger partial charge in [-0.3, -0.25) is 4.79 Å². The second-order valence-electron chi connectivity index (χ2n) is 4.86. The second kappa shape index (κ2) is 6.55. The first kappa shape index (κ1) is 18.9. The van der Waals surface area contributed by atoms with Crippen molar-refractivity contribution in [3.63, 3.8) is 0 Å². The van der Waals surface area contributed by atoms with Gasteiger partial charge in [0.15, 0.2) is 0 Å². The van der Waals surface area contributed by atoms with Gasteiger partial charge >= 0.3 is 12.1 Å². The predicted octanol–water partition coefficient (Wildman–Crippen LogP) is 2.06. The molecular formula is C13H13F3N2O4S. The van der Waals surface area contributed by atoms with Gasteiger partial charge in [-0.15, -0.1) is 0 Å². The van der Waals surface area contributed by atoms with Crippen LogP contribution in [0.3, 0.4) is 0 Å². The van der Waals surface area contributed by atoms with E-state index in [9.17, 15) is 26.4 Å². The zero-order valence-corrected chi connectivity index (χ0v) is 12.9. The average Bonchev–Trinajstić information content (AvgIpc) is 2.42. The number of sulfonamides is 1. The lowest BCUT2D eigenvalue weighted by Crippen LogP contribution is -2.40. The number of aliphatic carboxylic acids is 1. The van der Waals surface area contributed by atoms with Gasteiger partial charge in [0.25, 0.3) is 0 Å². The van der Waals surface area contributed by atoms with E-state index in [2.05, 4.69) is 0 Å². The van der Waals surface area contributed by atoms with Crippen molar-refractivity contribution in [2.75, 3.05) is 6.54 Å². The van der Waals surface area contributed by atoms with Crippen molar-refractivity contribution >= 4 is 16.0 Å². The molecule has 0 saturated heterocycles. The van der Waals surface area contributed by atoms with Crippen molar-refractivity contribution in [3.8, 4) is 6.07 Å². The summed E-state index contributed by atoms with van der Waals surface area (Å²) in [5, 5.41) is 17.8. The Bertz CT molecular complexity index is 751. The molecule has 1 rings (SSSR count). The summed E-state index contributed by atoms with van der Waals surface area (Å²) in [6, 6.07) is 2.27. The van der Waals surface area contributed by atoms with Crippen LogP contribution in [0.5, 0.6) is 0 Å². The molecule has 0 heterocycles. The van der Waals surface area contributed by atoms with Crippen LogP contribution in [0.25, 0.3) is 0 Å². The largest absolute Gasteiger partial charge is 0.480 e. The number of carboxylic acids is 1. The number of halogens is 3. The van der Waals surface area contributed by atoms with Crippen molar-refractivity contribution in [2.45, 2.75) is 31.0 Å². The highest BCUT2D eigenvalue weighted by atomic mass is 32.2. The Hall–Kier alpha value is -2.12. The third kappa shape index (κ3) is 4.20. The molecular weight excluding hydrogens is 337 g/mol. The van der Waals surface area contributed by atoms with Crippen LogP contribution >= 0.6 is 0 Å². The summed E-state index contributed by atoms with van der Waals surface area (Å²) < 4.78 is 63.5. The van der Waals surface area contributed by atoms with E-state index < -0.39 is 50.8 Å². The molecule has 0 fully saturated rings. The minimum absolute atomic E-state index is 0.423. The van der Waals surface area contributed by atoms with E-state index in [1.54, 1.807) is 0 Å². The van der Waals surface area contributed by atoms with Crippen LogP contribution in [0.2, 0.25) is 0 Å². The third-order valence-electron chi connectivity index (χ3n) is 2.88. The topological polar surface area (TPSA) is 98.5 Å². The summed E-state index contributed by atoms with van der Waals surface area (Å²) in [6.45, 7) is 1.96. The Balaban J connectivity index is 3.49. The van der Waals surface area contributed by atoms with Gasteiger partial charge in [0.05, 0.1) is 11.1 Å². The van der Waals surface area contributed by atoms with Crippen LogP contribution in [0, 0.1) is 11.3 Å². The van der Waals surface area contributed by atoms with Crippen LogP contribution in [0.4, 0.5) is 13.2 Å². The van der Waals surface area contributed by atoms with Crippen LogP contribution < -0.4 is 0 Å². The van der Waals surface area contributed by atoms with Gasteiger partial charge in [0.2, 0.25) is 10.0 Å². The Morgan fingerprint density at radius 1 is 1.39 bits per heavy atom. The molecule has 0 aliphatic rings. The summed E-state index contributed by atoms with van der Waals surface area (Å²) in [4.78, 5) is 10.1. The summed E-state index contributed by atoms with van der Waals surface area (Å²) in [5.74, 6) is -1.42. The zero-order valence-electron chi connectivity index (χ0n) is 12.1. The zero-order chi connectivity index (χ0) is 18.0. The van der Waals surface area contributed by atoms with Crippen molar-refractivity contribution in [1.29, 1.82) is 5.26 Å². The first-order valence-electron chi connectivity index (χ1n) is 6.26. The van der Waals surface area contributed by atoms with Gasteiger partial charge in [0, 0.05) is 6.04 Å². The summed E-state index contributed by atoms with van der Waals surface area (Å²) in [6.07, 6.45) is -4.73. The molecule has 0 aromatic heterocycles. The summed E-state index contributed by atoms with van der Waals surface area (Å²) in [5.41, 5.74) is -1.86. The highest BCUT2D eigenvalue weighted by molar-refractivity contribution is 7.89. The van der Waals surface area contributed by atoms with Crippen LogP contribution in [-0.2, 0) is 21.0 Å². The van der Waals surface area contributed by atoms with Gasteiger partial charge < -0.3 is 5.11 Å². The monoisotopic (exact) mass is 350 g/mol. The lowest BCUT2D eigenvalue weighted by Gasteiger charge is -2.24. The molecule has 1 N–H and O–H groups in total. The number of hydrogen-bond acceptors (Lipinski definition) is 4. The third-order valence-corrected chi connectivity index (χ3v) is 4.96. The summed E-state index contributed by atoms with van der Waals surface area (Å²) in [7, 11) is -4.44. The first-order chi connectivity index (χ1) is 10.4. The Labute approximate surface area is 130 Å². The van der Waals surface area contributed by atoms with E-state index in [-0.39, 0.29) is 0 Å². The number of hydrogen-bond donors (Lipinski definition) is 1. The number of nitrogens with zero attached hydrogens (tertiary/aromatic N) is 2. The van der Waals surface area contributed by atoms with Crippen molar-refractivity contribution in [3.05, 3.63) is 29.3 Å². The first-order valence-corrected chi connectivity index (χ1v) is 7.70. The Kier molecular flexibility index (Phi) is 5.39. The lowest BCUT2D eigenvalue weighted by molar-refractivity contribution is -0.138. The molecule has 0 spiro atoms. The molecule has 126 valence electrons. The van der Waals surface area contributed by atoms with Crippen LogP contribution in [0.1, 0.15) is 25.0 Å². The van der Waals surface area contributed by atoms with E-state index in [0.29, 0.717) is 22.5 Å². The number of nitriles is 1. The van der Waals surface area contributed by atoms with Crippen molar-refractivity contribution in [2.24, 2.45) is 0 Å². The molecule has 1 aromatic rings. The molecule has 0 radical (unpaired) electrons. The SMILES string of the molecule is CC(C)N(CC(=O)O)S(=O)(=O)c1ccc(C(F)(F)F)cc1C#N. The highest BCUT2D eigenvalue weighted by Gasteiger charge is 2.35. The van der Waals surface area contributed by atoms with Crippen LogP contribution in [-0.4, -0.2) is 36.4 Å². The highest BCUT2D eigenvalue weighted by Crippen LogP contribution is 2.32. The number of rotatable bonds is 5. The van der Waals surface area contributed by atoms with Crippen LogP contribution in [0.15, 0.2) is 23.1 Å². The minimum Gasteiger partial charge on any atom is -0.480 e. The van der Waals surface area contributed by atoms with E-state index in [1.807, 2.05) is 0 Å². The van der Waals surface area contributed by atoms with Gasteiger partial charge in [0.1, 0.15) is 17.5 Å². The fraction of sp³-hybridized carbons (Fsp3) is 0.385. The van der Waals surface area contributed by atoms with E-state index >= 15 is 0 Å². The van der Waals surface area contributed by atoms with Gasteiger partial charge in [-0.25, -0.2) is 8.42 Å². The number of alkyl halides is 3. The van der Waals surface area contributed by atoms with Crippen molar-refractivity contribution in [1.82, 2.24) is 4.31 Å². The maximum absolute atomic E-state index is 12.6. The second-order valence-corrected chi connectivity index (χ2v) is 6.72. The fourth-order valence-corrected chi connectivity index (χ4v) is 3.53. The van der Waals surface area contributed by atoms with E-state index in [1.165, 1.54) is 19.9 Å². The smallest absolute Gasteiger partial charge is 0.416 e. The number of carboxylic acid groups (broad SMARTS) is 1. The maximum atomic E-state index is 12.6. The quantitative estimate of drug-likeness (QED) is 0.876. The lowest BCUT2D eigenvalue weighted by atomic mass is 10.1. The summed E-state index contributed by atoms with van der Waals surface area (Å²) >= 11 is 0. The Morgan fingerprint density at radius 3 is 2.35 bits per heavy atom. The molecule has 1 aromatic carbocycles. The van der Waals surface area contributed by atoms with E-state index in [4.69, 9.17) is 10.4 Å². The van der Waals surface area contributed by atoms with Crippen molar-refractivity contribution < 1.29 is 31.5 Å². The number of carbonyl (C=O) groups is 1. The van der Waals surface area contributed by atoms with E-state index in [0.717, 1.165) is 0 Å². The van der Waals surface area contributed by atoms with Gasteiger partial charge in [-0.2, -0.15) is 22.7 Å². The molecule has 0 aliphatic carbocycles. The molecule has 6 nitrogen and oxygen atoms in total. The molecule has 0 bridgehead atoms. The molecule has 23 heavy (non-hydrogen) atoms. The fourth-order valence-electron chi connectivity index (χ4n) is 1.82. The molecule has 0 amide bonds. The molecule has 10 heteroatoms. The normalized spacial score (nSPS) is 12.4. The average molecular weight is 350 g/mol. The Morgan fingerprint density at radius 2 is 1.96 bits per heavy atom. The van der Waals surface area contributed by atoms with Gasteiger partial charge in [-0.1, -0.05) is 0 Å². The molecule has 0 aliphatic heterocycles. The predicted molar refractivity (Wildman–Crippen MR) is 72.8 cm³/mol. The maximum Gasteiger partial charge on any atom is 0.416 e. The molecule has 0 saturated carbocycles. The van der Waals surface area contributed by atoms with Gasteiger partial charge in [-0.05, 0) is 32.0 Å². The molecule has 0 atom stereocenters. The number of benzene rings is 1.